The number of carbonyl (C=O) groups excluding carboxylic acids is 4. The fourth-order valence-electron chi connectivity index (χ4n) is 9.13. The van der Waals surface area contributed by atoms with E-state index < -0.39 is 222 Å². The first-order valence-electron chi connectivity index (χ1n) is 20.3. The number of phenols is 6. The molecule has 24 N–H and O–H groups in total. The van der Waals surface area contributed by atoms with Crippen LogP contribution in [0.2, 0.25) is 0 Å². The van der Waals surface area contributed by atoms with E-state index in [1.54, 1.807) is 0 Å². The summed E-state index contributed by atoms with van der Waals surface area (Å²) in [5.41, 5.74) is -9.78. The van der Waals surface area contributed by atoms with Crippen molar-refractivity contribution in [1.29, 1.82) is 0 Å². The number of rotatable bonds is 6. The molecule has 4 aromatic carbocycles. The predicted molar refractivity (Wildman–Crippen MR) is 243 cm³/mol. The Morgan fingerprint density at radius 2 is 0.776 bits per heavy atom. The summed E-state index contributed by atoms with van der Waals surface area (Å²) in [7, 11) is 0. The Morgan fingerprint density at radius 3 is 1.04 bits per heavy atom. The minimum absolute atomic E-state index is 0. The van der Waals surface area contributed by atoms with Crippen molar-refractivity contribution in [3.05, 3.63) is 90.0 Å². The molecule has 0 unspecified atom stereocenters. The number of benzene rings is 4. The van der Waals surface area contributed by atoms with E-state index in [1.807, 2.05) is 0 Å². The van der Waals surface area contributed by atoms with Crippen molar-refractivity contribution in [1.82, 2.24) is 0 Å². The molecule has 76 heavy (non-hydrogen) atoms. The summed E-state index contributed by atoms with van der Waals surface area (Å²) in [5.74, 6) is -17.4. The van der Waals surface area contributed by atoms with Crippen LogP contribution in [0, 0.1) is 13.8 Å². The topological polar surface area (TPSA) is 617 Å². The second-order valence-corrected chi connectivity index (χ2v) is 16.4. The smallest absolute Gasteiger partial charge is 0.872 e. The third-order valence-corrected chi connectivity index (χ3v) is 12.6. The molecule has 30 nitrogen and oxygen atoms in total. The van der Waals surface area contributed by atoms with Crippen molar-refractivity contribution in [2.45, 2.75) is 74.9 Å². The average Bonchev–Trinajstić information content (AvgIpc) is 3.29. The van der Waals surface area contributed by atoms with Gasteiger partial charge in [0.05, 0.1) is 24.3 Å². The van der Waals surface area contributed by atoms with Crippen LogP contribution in [-0.2, 0) is 9.47 Å². The van der Waals surface area contributed by atoms with Crippen molar-refractivity contribution in [3.63, 3.8) is 0 Å². The predicted octanol–water partition coefficient (Wildman–Crippen LogP) is -7.71. The van der Waals surface area contributed by atoms with Crippen molar-refractivity contribution in [2.75, 3.05) is 13.2 Å². The van der Waals surface area contributed by atoms with E-state index in [-0.39, 0.29) is 88.1 Å². The standard InChI is InChI=1S/2C22H20O13.Al.Ca.4H2O/c2*1-4-8-5(2-6(24)9(4)22(33)34)13(25)10-11(15(8)27)16(28)12(18(30)17(10)29)21-20(32)19(31)14(26)7(3-23)35-21;;;;;;/h2*2,7,14,19-21,23-24,26,28-32H,3H2,1H3,(H,33,34);;;4*1H2/q;;;+2;;;;/p-2/t2*7-,14-,19+,20-,21-;;;;;;/m11....../s1. The number of ether oxygens (including phenoxy) is 2. The fraction of sp³-hybridized carbons (Fsp3) is 0.318. The largest absolute Gasteiger partial charge is 2.00 e. The Labute approximate surface area is 463 Å². The maximum atomic E-state index is 13.4. The van der Waals surface area contributed by atoms with Gasteiger partial charge >= 0.3 is 49.7 Å². The molecule has 407 valence electrons. The van der Waals surface area contributed by atoms with Gasteiger partial charge in [-0.2, -0.15) is 0 Å². The molecule has 10 atom stereocenters. The normalized spacial score (nSPS) is 23.8. The van der Waals surface area contributed by atoms with Crippen LogP contribution in [0.1, 0.15) is 119 Å². The fourth-order valence-corrected chi connectivity index (χ4v) is 9.13. The summed E-state index contributed by atoms with van der Waals surface area (Å²) in [6.07, 6.45) is -18.6. The Balaban J connectivity index is 0.000000704. The van der Waals surface area contributed by atoms with Gasteiger partial charge in [-0.15, -0.1) is 0 Å². The van der Waals surface area contributed by atoms with Gasteiger partial charge in [-0.05, 0) is 37.1 Å². The van der Waals surface area contributed by atoms with Crippen LogP contribution in [0.4, 0.5) is 0 Å². The molecule has 0 spiro atoms. The number of carbonyl (C=O) groups is 6. The maximum Gasteiger partial charge on any atom is 2.00 e. The minimum Gasteiger partial charge on any atom is -0.872 e. The quantitative estimate of drug-likeness (QED) is 0.0544. The minimum atomic E-state index is -2.07. The molecule has 2 fully saturated rings. The summed E-state index contributed by atoms with van der Waals surface area (Å²) in [4.78, 5) is 76.0. The number of aliphatic hydroxyl groups is 8. The maximum absolute atomic E-state index is 13.4. The van der Waals surface area contributed by atoms with E-state index >= 15 is 0 Å². The zero-order valence-electron chi connectivity index (χ0n) is 38.9. The molecule has 2 saturated heterocycles. The number of fused-ring (bicyclic) bond motifs is 4. The number of ketones is 4. The van der Waals surface area contributed by atoms with Crippen LogP contribution in [0.15, 0.2) is 12.1 Å². The van der Waals surface area contributed by atoms with Gasteiger partial charge in [0, 0.05) is 61.9 Å². The van der Waals surface area contributed by atoms with Crippen molar-refractivity contribution in [2.24, 2.45) is 0 Å². The molecule has 8 rings (SSSR count). The molecule has 2 aliphatic heterocycles. The molecule has 4 aromatic rings. The van der Waals surface area contributed by atoms with Crippen LogP contribution in [0.3, 0.4) is 0 Å². The summed E-state index contributed by atoms with van der Waals surface area (Å²) in [6.45, 7) is 0.500. The van der Waals surface area contributed by atoms with Crippen molar-refractivity contribution >= 4 is 90.2 Å². The molecule has 3 radical (unpaired) electrons. The third kappa shape index (κ3) is 10.1. The molecule has 2 aliphatic carbocycles. The Hall–Kier alpha value is -5.87. The monoisotopic (exact) mass is 1120 g/mol. The van der Waals surface area contributed by atoms with Gasteiger partial charge in [-0.25, -0.2) is 9.59 Å². The molecule has 0 aromatic heterocycles. The van der Waals surface area contributed by atoms with Crippen LogP contribution in [0.25, 0.3) is 0 Å². The molecule has 32 heteroatoms. The Bertz CT molecular complexity index is 2810. The number of aromatic hydroxyl groups is 6. The first-order valence-corrected chi connectivity index (χ1v) is 20.3. The number of hydrogen-bond acceptors (Lipinski definition) is 24. The van der Waals surface area contributed by atoms with Crippen LogP contribution >= 0.6 is 0 Å². The first-order chi connectivity index (χ1) is 32.7. The molecule has 0 bridgehead atoms. The van der Waals surface area contributed by atoms with Crippen LogP contribution < -0.4 is 10.2 Å². The van der Waals surface area contributed by atoms with Crippen molar-refractivity contribution in [3.8, 4) is 46.0 Å². The van der Waals surface area contributed by atoms with Crippen molar-refractivity contribution < 1.29 is 152 Å². The van der Waals surface area contributed by atoms with Gasteiger partial charge < -0.3 is 123 Å². The van der Waals surface area contributed by atoms with Crippen LogP contribution in [-0.4, -0.2) is 256 Å². The zero-order valence-corrected chi connectivity index (χ0v) is 42.2. The number of phenolic OH excluding ortho intramolecular Hbond substituents is 4. The molecular weight excluding hydrogens is 1080 g/mol. The zero-order chi connectivity index (χ0) is 52.2. The molecule has 0 saturated carbocycles. The SMILES string of the molecule is Cc1c(C(=O)O)c(O)cc2c1C(=O)c1c([O-])c([C@H]3O[C@H](CO)[C@@H](O)[C@H](O)[C@H]3O)c(O)c(O)c1C2=O.Cc1c(C(=O)O)c(O)cc2c1C(=O)c1c([O-])c([C@H]3O[C@H](CO)[C@@H](O)[C@H](O)[C@H]3O)c(O)c(O)c1C2=O.O.O.O.O.[Al].[Ca+2]. The van der Waals surface area contributed by atoms with E-state index in [2.05, 4.69) is 0 Å². The van der Waals surface area contributed by atoms with Crippen LogP contribution in [0.5, 0.6) is 46.0 Å². The van der Waals surface area contributed by atoms with E-state index in [0.717, 1.165) is 13.8 Å². The second kappa shape index (κ2) is 24.6. The van der Waals surface area contributed by atoms with E-state index in [9.17, 15) is 121 Å². The summed E-state index contributed by atoms with van der Waals surface area (Å²) >= 11 is 0. The third-order valence-electron chi connectivity index (χ3n) is 12.6. The van der Waals surface area contributed by atoms with E-state index in [0.29, 0.717) is 12.1 Å². The number of hydrogen-bond donors (Lipinski definition) is 16. The molecule has 0 amide bonds. The summed E-state index contributed by atoms with van der Waals surface area (Å²) < 4.78 is 10.5. The van der Waals surface area contributed by atoms with Gasteiger partial charge in [0.1, 0.15) is 83.7 Å². The average molecular weight is 1120 g/mol. The molecular formula is C44H46AlCaO30. The summed E-state index contributed by atoms with van der Waals surface area (Å²) in [6, 6.07) is 1.39. The Kier molecular flexibility index (Phi) is 22.1. The van der Waals surface area contributed by atoms with Gasteiger partial charge in [-0.3, -0.25) is 19.2 Å². The second-order valence-electron chi connectivity index (χ2n) is 16.4. The summed E-state index contributed by atoms with van der Waals surface area (Å²) in [5, 5.41) is 187. The van der Waals surface area contributed by atoms with Gasteiger partial charge in [0.25, 0.3) is 0 Å². The van der Waals surface area contributed by atoms with Gasteiger partial charge in [0.15, 0.2) is 46.1 Å². The van der Waals surface area contributed by atoms with Gasteiger partial charge in [-0.1, -0.05) is 11.5 Å². The number of carboxylic acid groups (broad SMARTS) is 2. The van der Waals surface area contributed by atoms with E-state index in [1.165, 1.54) is 0 Å². The molecule has 2 heterocycles. The molecule has 4 aliphatic rings. The number of aliphatic hydroxyl groups excluding tert-OH is 8. The number of aromatic carboxylic acids is 2. The van der Waals surface area contributed by atoms with E-state index in [4.69, 9.17) is 9.47 Å². The first kappa shape index (κ1) is 68.1. The van der Waals surface area contributed by atoms with Gasteiger partial charge in [0.2, 0.25) is 0 Å². The Morgan fingerprint density at radius 1 is 0.487 bits per heavy atom. The number of carboxylic acids is 2.